The lowest BCUT2D eigenvalue weighted by molar-refractivity contribution is -0.146. The smallest absolute Gasteiger partial charge is 0.371 e. The maximum absolute atomic E-state index is 10.8. The number of phenols is 1. The zero-order valence-corrected chi connectivity index (χ0v) is 9.84. The summed E-state index contributed by atoms with van der Waals surface area (Å²) in [5.74, 6) is -2.47. The van der Waals surface area contributed by atoms with Gasteiger partial charge in [0.15, 0.2) is 11.5 Å². The van der Waals surface area contributed by atoms with Crippen molar-refractivity contribution in [1.82, 2.24) is 0 Å². The second kappa shape index (κ2) is 5.72. The molecule has 0 bridgehead atoms. The predicted molar refractivity (Wildman–Crippen MR) is 62.0 cm³/mol. The molecule has 18 heavy (non-hydrogen) atoms. The third kappa shape index (κ3) is 3.51. The van der Waals surface area contributed by atoms with E-state index in [1.807, 2.05) is 0 Å². The van der Waals surface area contributed by atoms with Crippen LogP contribution in [0.3, 0.4) is 0 Å². The van der Waals surface area contributed by atoms with Crippen molar-refractivity contribution >= 4 is 18.0 Å². The summed E-state index contributed by atoms with van der Waals surface area (Å²) in [5, 5.41) is 18.2. The second-order valence-electron chi connectivity index (χ2n) is 3.34. The first-order valence-electron chi connectivity index (χ1n) is 4.94. The van der Waals surface area contributed by atoms with Crippen molar-refractivity contribution in [2.45, 2.75) is 6.92 Å². The van der Waals surface area contributed by atoms with Crippen LogP contribution in [0.2, 0.25) is 0 Å². The zero-order valence-electron chi connectivity index (χ0n) is 9.84. The number of phenolic OH excluding ortho intramolecular Hbond substituents is 1. The van der Waals surface area contributed by atoms with Gasteiger partial charge in [0.1, 0.15) is 0 Å². The summed E-state index contributed by atoms with van der Waals surface area (Å²) in [6.45, 7) is 1.11. The molecule has 96 valence electrons. The zero-order chi connectivity index (χ0) is 13.7. The molecule has 0 saturated heterocycles. The molecule has 0 fully saturated rings. The topological polar surface area (TPSA) is 93.1 Å². The molecular weight excluding hydrogens is 240 g/mol. The van der Waals surface area contributed by atoms with E-state index < -0.39 is 17.7 Å². The second-order valence-corrected chi connectivity index (χ2v) is 3.34. The number of hydrogen-bond donors (Lipinski definition) is 2. The Morgan fingerprint density at radius 3 is 2.50 bits per heavy atom. The first kappa shape index (κ1) is 13.6. The number of methoxy groups -OCH3 is 1. The van der Waals surface area contributed by atoms with Crippen molar-refractivity contribution in [1.29, 1.82) is 0 Å². The Bertz CT molecular complexity index is 503. The summed E-state index contributed by atoms with van der Waals surface area (Å²) < 4.78 is 9.41. The minimum atomic E-state index is -1.36. The van der Waals surface area contributed by atoms with Crippen molar-refractivity contribution < 1.29 is 29.3 Å². The molecule has 0 aliphatic carbocycles. The van der Waals surface area contributed by atoms with Crippen LogP contribution in [0.1, 0.15) is 12.5 Å². The average molecular weight is 252 g/mol. The third-order valence-corrected chi connectivity index (χ3v) is 1.97. The Morgan fingerprint density at radius 2 is 2.00 bits per heavy atom. The number of aliphatic carboxylic acids is 1. The standard InChI is InChI=1S/C12H12O6/c1-7(13)18-11(12(15)16)6-8-3-4-9(14)10(5-8)17-2/h3-6,14H,1-2H3,(H,15,16). The van der Waals surface area contributed by atoms with Gasteiger partial charge >= 0.3 is 11.9 Å². The van der Waals surface area contributed by atoms with Crippen LogP contribution in [0.15, 0.2) is 24.0 Å². The summed E-state index contributed by atoms with van der Waals surface area (Å²) in [7, 11) is 1.37. The number of esters is 1. The molecule has 0 amide bonds. The average Bonchev–Trinajstić information content (AvgIpc) is 2.29. The van der Waals surface area contributed by atoms with Crippen LogP contribution in [0, 0.1) is 0 Å². The van der Waals surface area contributed by atoms with E-state index in [4.69, 9.17) is 9.84 Å². The molecule has 0 heterocycles. The minimum Gasteiger partial charge on any atom is -0.504 e. The molecule has 0 unspecified atom stereocenters. The molecule has 0 spiro atoms. The maximum Gasteiger partial charge on any atom is 0.371 e. The van der Waals surface area contributed by atoms with Gasteiger partial charge in [0.2, 0.25) is 5.76 Å². The third-order valence-electron chi connectivity index (χ3n) is 1.97. The molecule has 0 aromatic heterocycles. The molecule has 0 atom stereocenters. The van der Waals surface area contributed by atoms with Gasteiger partial charge in [-0.05, 0) is 23.8 Å². The molecule has 0 aliphatic heterocycles. The summed E-state index contributed by atoms with van der Waals surface area (Å²) in [4.78, 5) is 21.6. The molecule has 1 rings (SSSR count). The highest BCUT2D eigenvalue weighted by Gasteiger charge is 2.12. The number of benzene rings is 1. The predicted octanol–water partition coefficient (Wildman–Crippen LogP) is 1.39. The lowest BCUT2D eigenvalue weighted by atomic mass is 10.2. The highest BCUT2D eigenvalue weighted by atomic mass is 16.6. The SMILES string of the molecule is COc1cc(C=C(OC(C)=O)C(=O)O)ccc1O. The quantitative estimate of drug-likeness (QED) is 0.478. The van der Waals surface area contributed by atoms with Gasteiger partial charge in [0, 0.05) is 6.92 Å². The Hall–Kier alpha value is -2.50. The van der Waals surface area contributed by atoms with E-state index >= 15 is 0 Å². The van der Waals surface area contributed by atoms with Gasteiger partial charge in [-0.25, -0.2) is 4.79 Å². The number of carboxylic acids is 1. The summed E-state index contributed by atoms with van der Waals surface area (Å²) >= 11 is 0. The highest BCUT2D eigenvalue weighted by Crippen LogP contribution is 2.27. The molecule has 0 aliphatic rings. The van der Waals surface area contributed by atoms with E-state index in [0.717, 1.165) is 13.0 Å². The number of aromatic hydroxyl groups is 1. The molecule has 1 aromatic rings. The van der Waals surface area contributed by atoms with E-state index in [-0.39, 0.29) is 11.5 Å². The fraction of sp³-hybridized carbons (Fsp3) is 0.167. The van der Waals surface area contributed by atoms with Gasteiger partial charge < -0.3 is 19.7 Å². The maximum atomic E-state index is 10.8. The largest absolute Gasteiger partial charge is 0.504 e. The van der Waals surface area contributed by atoms with Gasteiger partial charge in [-0.15, -0.1) is 0 Å². The lowest BCUT2D eigenvalue weighted by Gasteiger charge is -2.05. The first-order valence-corrected chi connectivity index (χ1v) is 4.94. The monoisotopic (exact) mass is 252 g/mol. The summed E-state index contributed by atoms with van der Waals surface area (Å²) in [6.07, 6.45) is 1.16. The van der Waals surface area contributed by atoms with Crippen LogP contribution in [0.5, 0.6) is 11.5 Å². The number of carbonyl (C=O) groups excluding carboxylic acids is 1. The van der Waals surface area contributed by atoms with E-state index in [1.54, 1.807) is 0 Å². The number of ether oxygens (including phenoxy) is 2. The summed E-state index contributed by atoms with van der Waals surface area (Å²) in [6, 6.07) is 4.23. The Kier molecular flexibility index (Phi) is 4.31. The van der Waals surface area contributed by atoms with Crippen LogP contribution in [-0.4, -0.2) is 29.3 Å². The van der Waals surface area contributed by atoms with Gasteiger partial charge in [-0.1, -0.05) is 6.07 Å². The number of rotatable bonds is 4. The Balaban J connectivity index is 3.11. The molecule has 0 radical (unpaired) electrons. The van der Waals surface area contributed by atoms with E-state index in [2.05, 4.69) is 4.74 Å². The normalized spacial score (nSPS) is 10.9. The van der Waals surface area contributed by atoms with Crippen molar-refractivity contribution in [3.05, 3.63) is 29.5 Å². The van der Waals surface area contributed by atoms with Crippen LogP contribution < -0.4 is 4.74 Å². The number of carbonyl (C=O) groups is 2. The molecule has 6 nitrogen and oxygen atoms in total. The van der Waals surface area contributed by atoms with Gasteiger partial charge in [0.25, 0.3) is 0 Å². The van der Waals surface area contributed by atoms with Crippen LogP contribution in [0.25, 0.3) is 6.08 Å². The van der Waals surface area contributed by atoms with E-state index in [1.165, 1.54) is 25.3 Å². The van der Waals surface area contributed by atoms with Crippen molar-refractivity contribution in [2.24, 2.45) is 0 Å². The first-order chi connectivity index (χ1) is 8.43. The summed E-state index contributed by atoms with van der Waals surface area (Å²) in [5.41, 5.74) is 0.420. The fourth-order valence-electron chi connectivity index (χ4n) is 1.23. The minimum absolute atomic E-state index is 0.0704. The van der Waals surface area contributed by atoms with Crippen molar-refractivity contribution in [3.8, 4) is 11.5 Å². The van der Waals surface area contributed by atoms with Crippen LogP contribution >= 0.6 is 0 Å². The van der Waals surface area contributed by atoms with Gasteiger partial charge in [0.05, 0.1) is 7.11 Å². The molecule has 1 aromatic carbocycles. The lowest BCUT2D eigenvalue weighted by Crippen LogP contribution is -2.08. The Morgan fingerprint density at radius 1 is 1.33 bits per heavy atom. The molecular formula is C12H12O6. The molecule has 2 N–H and O–H groups in total. The molecule has 0 saturated carbocycles. The Labute approximate surface area is 103 Å². The highest BCUT2D eigenvalue weighted by molar-refractivity contribution is 5.92. The van der Waals surface area contributed by atoms with Crippen molar-refractivity contribution in [3.63, 3.8) is 0 Å². The van der Waals surface area contributed by atoms with E-state index in [9.17, 15) is 14.7 Å². The van der Waals surface area contributed by atoms with Gasteiger partial charge in [-0.2, -0.15) is 0 Å². The van der Waals surface area contributed by atoms with Crippen LogP contribution in [0.4, 0.5) is 0 Å². The fourth-order valence-corrected chi connectivity index (χ4v) is 1.23. The number of hydrogen-bond acceptors (Lipinski definition) is 5. The van der Waals surface area contributed by atoms with Gasteiger partial charge in [-0.3, -0.25) is 4.79 Å². The number of carboxylic acid groups (broad SMARTS) is 1. The van der Waals surface area contributed by atoms with Crippen molar-refractivity contribution in [2.75, 3.05) is 7.11 Å². The van der Waals surface area contributed by atoms with E-state index in [0.29, 0.717) is 5.56 Å². The van der Waals surface area contributed by atoms with Crippen LogP contribution in [-0.2, 0) is 14.3 Å². The molecule has 6 heteroatoms.